The molecule has 0 spiro atoms. The van der Waals surface area contributed by atoms with Crippen molar-refractivity contribution < 1.29 is 9.90 Å². The summed E-state index contributed by atoms with van der Waals surface area (Å²) in [5, 5.41) is 8.98. The van der Waals surface area contributed by atoms with Gasteiger partial charge in [-0.15, -0.1) is 0 Å². The number of aliphatic carboxylic acids is 1. The molecule has 1 unspecified atom stereocenters. The van der Waals surface area contributed by atoms with Gasteiger partial charge in [-0.1, -0.05) is 45.0 Å². The van der Waals surface area contributed by atoms with Crippen LogP contribution in [0, 0.1) is 0 Å². The van der Waals surface area contributed by atoms with Crippen LogP contribution >= 0.6 is 0 Å². The smallest absolute Gasteiger partial charge is 0.312 e. The number of nitrogens with two attached hydrogens (primary N) is 1. The Kier molecular flexibility index (Phi) is 3.70. The van der Waals surface area contributed by atoms with Crippen LogP contribution in [0.15, 0.2) is 24.3 Å². The van der Waals surface area contributed by atoms with E-state index in [0.717, 1.165) is 5.56 Å². The van der Waals surface area contributed by atoms with Gasteiger partial charge in [-0.05, 0) is 16.5 Å². The molecule has 0 fully saturated rings. The molecule has 3 N–H and O–H groups in total. The van der Waals surface area contributed by atoms with E-state index >= 15 is 0 Å². The van der Waals surface area contributed by atoms with Gasteiger partial charge in [0, 0.05) is 6.54 Å². The molecule has 0 saturated heterocycles. The fraction of sp³-hybridized carbons (Fsp3) is 0.462. The molecule has 1 aromatic carbocycles. The molecule has 3 heteroatoms. The molecule has 88 valence electrons. The van der Waals surface area contributed by atoms with Gasteiger partial charge in [0.05, 0.1) is 5.92 Å². The SMILES string of the molecule is CC(C)(C)c1ccc(C(CN)C(=O)O)cc1. The minimum absolute atomic E-state index is 0.0833. The first kappa shape index (κ1) is 12.7. The van der Waals surface area contributed by atoms with E-state index in [1.54, 1.807) is 0 Å². The number of hydrogen-bond acceptors (Lipinski definition) is 2. The lowest BCUT2D eigenvalue weighted by Crippen LogP contribution is -2.21. The first-order valence-corrected chi connectivity index (χ1v) is 5.39. The van der Waals surface area contributed by atoms with Crippen LogP contribution < -0.4 is 5.73 Å². The molecule has 0 bridgehead atoms. The molecule has 0 aromatic heterocycles. The molecule has 1 rings (SSSR count). The van der Waals surface area contributed by atoms with Crippen molar-refractivity contribution in [1.82, 2.24) is 0 Å². The highest BCUT2D eigenvalue weighted by Crippen LogP contribution is 2.24. The summed E-state index contributed by atoms with van der Waals surface area (Å²) in [7, 11) is 0. The third-order valence-electron chi connectivity index (χ3n) is 2.71. The maximum atomic E-state index is 10.9. The van der Waals surface area contributed by atoms with E-state index in [0.29, 0.717) is 0 Å². The van der Waals surface area contributed by atoms with Crippen molar-refractivity contribution >= 4 is 5.97 Å². The lowest BCUT2D eigenvalue weighted by molar-refractivity contribution is -0.138. The lowest BCUT2D eigenvalue weighted by Gasteiger charge is -2.20. The summed E-state index contributed by atoms with van der Waals surface area (Å²) in [5.41, 5.74) is 7.49. The molecule has 16 heavy (non-hydrogen) atoms. The molecule has 0 amide bonds. The number of hydrogen-bond donors (Lipinski definition) is 2. The summed E-state index contributed by atoms with van der Waals surface area (Å²) < 4.78 is 0. The number of rotatable bonds is 3. The monoisotopic (exact) mass is 221 g/mol. The van der Waals surface area contributed by atoms with Crippen LogP contribution in [0.4, 0.5) is 0 Å². The third-order valence-corrected chi connectivity index (χ3v) is 2.71. The number of carbonyl (C=O) groups is 1. The van der Waals surface area contributed by atoms with Gasteiger partial charge in [0.2, 0.25) is 0 Å². The van der Waals surface area contributed by atoms with Crippen molar-refractivity contribution in [1.29, 1.82) is 0 Å². The molecule has 0 aliphatic carbocycles. The molecular formula is C13H19NO2. The number of carboxylic acids is 1. The van der Waals surface area contributed by atoms with Crippen molar-refractivity contribution in [3.8, 4) is 0 Å². The van der Waals surface area contributed by atoms with E-state index in [1.165, 1.54) is 5.56 Å². The van der Waals surface area contributed by atoms with Gasteiger partial charge in [0.1, 0.15) is 0 Å². The molecule has 0 radical (unpaired) electrons. The highest BCUT2D eigenvalue weighted by Gasteiger charge is 2.19. The van der Waals surface area contributed by atoms with Gasteiger partial charge in [-0.3, -0.25) is 4.79 Å². The third kappa shape index (κ3) is 2.83. The van der Waals surface area contributed by atoms with E-state index in [9.17, 15) is 4.79 Å². The summed E-state index contributed by atoms with van der Waals surface area (Å²) in [6, 6.07) is 7.65. The van der Waals surface area contributed by atoms with Crippen LogP contribution in [-0.2, 0) is 10.2 Å². The fourth-order valence-electron chi connectivity index (χ4n) is 1.59. The zero-order valence-electron chi connectivity index (χ0n) is 10.0. The van der Waals surface area contributed by atoms with Gasteiger partial charge < -0.3 is 10.8 Å². The standard InChI is InChI=1S/C13H19NO2/c1-13(2,3)10-6-4-9(5-7-10)11(8-14)12(15)16/h4-7,11H,8,14H2,1-3H3,(H,15,16). The molecule has 0 aliphatic rings. The molecule has 3 nitrogen and oxygen atoms in total. The zero-order valence-corrected chi connectivity index (χ0v) is 10.0. The molecule has 0 heterocycles. The summed E-state index contributed by atoms with van der Waals surface area (Å²) >= 11 is 0. The van der Waals surface area contributed by atoms with E-state index in [-0.39, 0.29) is 12.0 Å². The van der Waals surface area contributed by atoms with Crippen molar-refractivity contribution in [2.75, 3.05) is 6.54 Å². The molecule has 0 saturated carbocycles. The second-order valence-electron chi connectivity index (χ2n) is 5.00. The molecule has 1 aromatic rings. The van der Waals surface area contributed by atoms with Crippen LogP contribution in [-0.4, -0.2) is 17.6 Å². The minimum Gasteiger partial charge on any atom is -0.481 e. The molecular weight excluding hydrogens is 202 g/mol. The van der Waals surface area contributed by atoms with Gasteiger partial charge in [0.25, 0.3) is 0 Å². The normalized spacial score (nSPS) is 13.5. The number of carboxylic acid groups (broad SMARTS) is 1. The van der Waals surface area contributed by atoms with E-state index < -0.39 is 11.9 Å². The van der Waals surface area contributed by atoms with E-state index in [4.69, 9.17) is 10.8 Å². The summed E-state index contributed by atoms with van der Waals surface area (Å²) in [4.78, 5) is 10.9. The topological polar surface area (TPSA) is 63.3 Å². The van der Waals surface area contributed by atoms with Crippen LogP contribution in [0.1, 0.15) is 37.8 Å². The second kappa shape index (κ2) is 4.66. The molecule has 1 atom stereocenters. The van der Waals surface area contributed by atoms with Crippen LogP contribution in [0.5, 0.6) is 0 Å². The fourth-order valence-corrected chi connectivity index (χ4v) is 1.59. The Bertz CT molecular complexity index is 363. The summed E-state index contributed by atoms with van der Waals surface area (Å²) in [6.45, 7) is 6.50. The van der Waals surface area contributed by atoms with Crippen LogP contribution in [0.2, 0.25) is 0 Å². The first-order chi connectivity index (χ1) is 7.36. The summed E-state index contributed by atoms with van der Waals surface area (Å²) in [6.07, 6.45) is 0. The highest BCUT2D eigenvalue weighted by molar-refractivity contribution is 5.76. The van der Waals surface area contributed by atoms with Crippen molar-refractivity contribution in [2.24, 2.45) is 5.73 Å². The first-order valence-electron chi connectivity index (χ1n) is 5.39. The Morgan fingerprint density at radius 2 is 1.81 bits per heavy atom. The van der Waals surface area contributed by atoms with Gasteiger partial charge >= 0.3 is 5.97 Å². The molecule has 0 aliphatic heterocycles. The number of benzene rings is 1. The van der Waals surface area contributed by atoms with Gasteiger partial charge in [-0.25, -0.2) is 0 Å². The largest absolute Gasteiger partial charge is 0.481 e. The van der Waals surface area contributed by atoms with Crippen LogP contribution in [0.3, 0.4) is 0 Å². The van der Waals surface area contributed by atoms with E-state index in [1.807, 2.05) is 24.3 Å². The highest BCUT2D eigenvalue weighted by atomic mass is 16.4. The second-order valence-corrected chi connectivity index (χ2v) is 5.00. The predicted molar refractivity (Wildman–Crippen MR) is 64.6 cm³/mol. The Labute approximate surface area is 96.3 Å². The Hall–Kier alpha value is -1.35. The van der Waals surface area contributed by atoms with Gasteiger partial charge in [-0.2, -0.15) is 0 Å². The quantitative estimate of drug-likeness (QED) is 0.821. The zero-order chi connectivity index (χ0) is 12.3. The summed E-state index contributed by atoms with van der Waals surface area (Å²) in [5.74, 6) is -1.47. The maximum Gasteiger partial charge on any atom is 0.312 e. The van der Waals surface area contributed by atoms with E-state index in [2.05, 4.69) is 20.8 Å². The average molecular weight is 221 g/mol. The van der Waals surface area contributed by atoms with Crippen molar-refractivity contribution in [2.45, 2.75) is 32.1 Å². The Balaban J connectivity index is 2.98. The average Bonchev–Trinajstić information content (AvgIpc) is 2.17. The van der Waals surface area contributed by atoms with Gasteiger partial charge in [0.15, 0.2) is 0 Å². The van der Waals surface area contributed by atoms with Crippen molar-refractivity contribution in [3.05, 3.63) is 35.4 Å². The Morgan fingerprint density at radius 1 is 1.31 bits per heavy atom. The van der Waals surface area contributed by atoms with Crippen LogP contribution in [0.25, 0.3) is 0 Å². The lowest BCUT2D eigenvalue weighted by atomic mass is 9.85. The minimum atomic E-state index is -0.869. The van der Waals surface area contributed by atoms with Crippen molar-refractivity contribution in [3.63, 3.8) is 0 Å². The maximum absolute atomic E-state index is 10.9. The predicted octanol–water partition coefficient (Wildman–Crippen LogP) is 2.11. The Morgan fingerprint density at radius 3 is 2.12 bits per heavy atom.